The second-order valence-electron chi connectivity index (χ2n) is 4.71. The summed E-state index contributed by atoms with van der Waals surface area (Å²) >= 11 is 0. The molecule has 0 saturated heterocycles. The van der Waals surface area contributed by atoms with Gasteiger partial charge in [-0.1, -0.05) is 36.8 Å². The number of rotatable bonds is 4. The molecule has 4 heteroatoms. The first-order valence-electron chi connectivity index (χ1n) is 6.47. The molecule has 1 heterocycles. The molecule has 1 aromatic carbocycles. The average Bonchev–Trinajstić information content (AvgIpc) is 2.38. The largest absolute Gasteiger partial charge is 0.331 e. The van der Waals surface area contributed by atoms with Gasteiger partial charge in [-0.15, -0.1) is 0 Å². The number of aryl methyl sites for hydroxylation is 2. The minimum absolute atomic E-state index is 0.240. The van der Waals surface area contributed by atoms with E-state index >= 15 is 0 Å². The van der Waals surface area contributed by atoms with E-state index in [1.54, 1.807) is 10.8 Å². The maximum absolute atomic E-state index is 12.2. The first-order valence-corrected chi connectivity index (χ1v) is 6.47. The maximum Gasteiger partial charge on any atom is 0.331 e. The fourth-order valence-corrected chi connectivity index (χ4v) is 2.11. The molecular weight excluding hydrogens is 240 g/mol. The molecule has 100 valence electrons. The van der Waals surface area contributed by atoms with E-state index in [1.165, 1.54) is 10.6 Å². The van der Waals surface area contributed by atoms with Crippen molar-refractivity contribution in [1.29, 1.82) is 0 Å². The highest BCUT2D eigenvalue weighted by Gasteiger charge is 2.05. The molecule has 19 heavy (non-hydrogen) atoms. The van der Waals surface area contributed by atoms with Crippen molar-refractivity contribution in [2.24, 2.45) is 0 Å². The molecule has 2 aromatic rings. The number of aromatic nitrogens is 2. The second kappa shape index (κ2) is 5.69. The number of hydrogen-bond acceptors (Lipinski definition) is 2. The number of hydrogen-bond donors (Lipinski definition) is 0. The van der Waals surface area contributed by atoms with Crippen molar-refractivity contribution in [1.82, 2.24) is 9.13 Å². The summed E-state index contributed by atoms with van der Waals surface area (Å²) in [4.78, 5) is 24.0. The molecule has 0 aliphatic carbocycles. The van der Waals surface area contributed by atoms with Crippen LogP contribution in [0.4, 0.5) is 0 Å². The van der Waals surface area contributed by atoms with Crippen LogP contribution in [-0.4, -0.2) is 9.13 Å². The lowest BCUT2D eigenvalue weighted by Gasteiger charge is -2.09. The van der Waals surface area contributed by atoms with Crippen LogP contribution >= 0.6 is 0 Å². The second-order valence-corrected chi connectivity index (χ2v) is 4.71. The Kier molecular flexibility index (Phi) is 4.00. The lowest BCUT2D eigenvalue weighted by atomic mass is 10.1. The highest BCUT2D eigenvalue weighted by Crippen LogP contribution is 2.04. The molecule has 0 spiro atoms. The fraction of sp³-hybridized carbons (Fsp3) is 0.333. The summed E-state index contributed by atoms with van der Waals surface area (Å²) in [6.07, 6.45) is 2.43. The number of benzene rings is 1. The molecule has 0 amide bonds. The van der Waals surface area contributed by atoms with Crippen LogP contribution in [0, 0.1) is 6.92 Å². The van der Waals surface area contributed by atoms with Crippen molar-refractivity contribution in [3.63, 3.8) is 0 Å². The Morgan fingerprint density at radius 1 is 1.16 bits per heavy atom. The van der Waals surface area contributed by atoms with Crippen LogP contribution in [0.25, 0.3) is 0 Å². The van der Waals surface area contributed by atoms with Gasteiger partial charge in [0, 0.05) is 18.8 Å². The Balaban J connectivity index is 2.42. The summed E-state index contributed by atoms with van der Waals surface area (Å²) in [5.74, 6) is 0. The van der Waals surface area contributed by atoms with Crippen LogP contribution in [0.2, 0.25) is 0 Å². The third-order valence-corrected chi connectivity index (χ3v) is 3.03. The summed E-state index contributed by atoms with van der Waals surface area (Å²) in [7, 11) is 0. The van der Waals surface area contributed by atoms with Crippen molar-refractivity contribution >= 4 is 0 Å². The van der Waals surface area contributed by atoms with Gasteiger partial charge in [0.2, 0.25) is 0 Å². The van der Waals surface area contributed by atoms with E-state index in [0.717, 1.165) is 17.5 Å². The molecule has 0 aliphatic heterocycles. The molecule has 0 aliphatic rings. The first-order chi connectivity index (χ1) is 9.11. The summed E-state index contributed by atoms with van der Waals surface area (Å²) in [6, 6.07) is 9.29. The van der Waals surface area contributed by atoms with Crippen LogP contribution in [0.15, 0.2) is 46.1 Å². The zero-order valence-corrected chi connectivity index (χ0v) is 11.3. The predicted octanol–water partition coefficient (Wildman–Crippen LogP) is 1.78. The molecule has 0 radical (unpaired) electrons. The van der Waals surface area contributed by atoms with Crippen molar-refractivity contribution in [3.8, 4) is 0 Å². The summed E-state index contributed by atoms with van der Waals surface area (Å²) in [6.45, 7) is 4.95. The highest BCUT2D eigenvalue weighted by molar-refractivity contribution is 5.22. The molecule has 0 atom stereocenters. The molecule has 2 rings (SSSR count). The summed E-state index contributed by atoms with van der Waals surface area (Å²) < 4.78 is 2.86. The summed E-state index contributed by atoms with van der Waals surface area (Å²) in [5, 5.41) is 0. The lowest BCUT2D eigenvalue weighted by Crippen LogP contribution is -2.39. The van der Waals surface area contributed by atoms with E-state index in [2.05, 4.69) is 0 Å². The van der Waals surface area contributed by atoms with E-state index < -0.39 is 0 Å². The smallest absolute Gasteiger partial charge is 0.300 e. The molecule has 4 nitrogen and oxygen atoms in total. The topological polar surface area (TPSA) is 44.0 Å². The zero-order valence-electron chi connectivity index (χ0n) is 11.3. The minimum Gasteiger partial charge on any atom is -0.300 e. The van der Waals surface area contributed by atoms with E-state index in [4.69, 9.17) is 0 Å². The highest BCUT2D eigenvalue weighted by atomic mass is 16.2. The normalized spacial score (nSPS) is 10.6. The molecular formula is C15H18N2O2. The van der Waals surface area contributed by atoms with Gasteiger partial charge in [-0.2, -0.15) is 0 Å². The number of nitrogens with zero attached hydrogens (tertiary/aromatic N) is 2. The van der Waals surface area contributed by atoms with Crippen LogP contribution in [-0.2, 0) is 13.1 Å². The third-order valence-electron chi connectivity index (χ3n) is 3.03. The van der Waals surface area contributed by atoms with Crippen LogP contribution in [0.5, 0.6) is 0 Å². The van der Waals surface area contributed by atoms with Gasteiger partial charge in [0.1, 0.15) is 0 Å². The zero-order chi connectivity index (χ0) is 13.8. The van der Waals surface area contributed by atoms with Crippen molar-refractivity contribution in [2.45, 2.75) is 33.4 Å². The van der Waals surface area contributed by atoms with E-state index in [1.807, 2.05) is 38.1 Å². The van der Waals surface area contributed by atoms with Gasteiger partial charge in [0.25, 0.3) is 5.56 Å². The summed E-state index contributed by atoms with van der Waals surface area (Å²) in [5.41, 5.74) is 1.60. The van der Waals surface area contributed by atoms with Gasteiger partial charge in [0.15, 0.2) is 0 Å². The molecule has 0 bridgehead atoms. The van der Waals surface area contributed by atoms with Gasteiger partial charge in [-0.25, -0.2) is 4.79 Å². The van der Waals surface area contributed by atoms with Crippen molar-refractivity contribution in [2.75, 3.05) is 0 Å². The Labute approximate surface area is 111 Å². The molecule has 1 aromatic heterocycles. The van der Waals surface area contributed by atoms with Crippen LogP contribution in [0.1, 0.15) is 24.5 Å². The van der Waals surface area contributed by atoms with Gasteiger partial charge < -0.3 is 4.57 Å². The van der Waals surface area contributed by atoms with Crippen molar-refractivity contribution in [3.05, 3.63) is 68.5 Å². The third kappa shape index (κ3) is 3.02. The van der Waals surface area contributed by atoms with Gasteiger partial charge >= 0.3 is 5.69 Å². The molecule has 0 N–H and O–H groups in total. The van der Waals surface area contributed by atoms with E-state index in [0.29, 0.717) is 13.1 Å². The van der Waals surface area contributed by atoms with E-state index in [9.17, 15) is 9.59 Å². The Morgan fingerprint density at radius 2 is 1.95 bits per heavy atom. The van der Waals surface area contributed by atoms with E-state index in [-0.39, 0.29) is 11.2 Å². The van der Waals surface area contributed by atoms with Gasteiger partial charge in [-0.05, 0) is 18.9 Å². The molecule has 0 saturated carbocycles. The minimum atomic E-state index is -0.251. The standard InChI is InChI=1S/C15H18N2O2/c1-3-8-16-9-7-14(18)17(15(16)19)11-13-6-4-5-12(2)10-13/h4-7,9-10H,3,8,11H2,1-2H3. The maximum atomic E-state index is 12.2. The lowest BCUT2D eigenvalue weighted by molar-refractivity contribution is 0.570. The van der Waals surface area contributed by atoms with Gasteiger partial charge in [-0.3, -0.25) is 9.36 Å². The Bertz CT molecular complexity index is 683. The van der Waals surface area contributed by atoms with Crippen LogP contribution in [0.3, 0.4) is 0 Å². The SMILES string of the molecule is CCCn1ccc(=O)n(Cc2cccc(C)c2)c1=O. The Hall–Kier alpha value is -2.10. The van der Waals surface area contributed by atoms with Gasteiger partial charge in [0.05, 0.1) is 6.54 Å². The Morgan fingerprint density at radius 3 is 2.63 bits per heavy atom. The molecule has 0 fully saturated rings. The fourth-order valence-electron chi connectivity index (χ4n) is 2.11. The quantitative estimate of drug-likeness (QED) is 0.839. The monoisotopic (exact) mass is 258 g/mol. The van der Waals surface area contributed by atoms with Crippen LogP contribution < -0.4 is 11.2 Å². The first kappa shape index (κ1) is 13.3. The molecule has 0 unspecified atom stereocenters. The van der Waals surface area contributed by atoms with Crippen molar-refractivity contribution < 1.29 is 0 Å². The average molecular weight is 258 g/mol. The predicted molar refractivity (Wildman–Crippen MR) is 75.5 cm³/mol.